The third kappa shape index (κ3) is 2.79. The molecule has 0 spiro atoms. The van der Waals surface area contributed by atoms with Crippen LogP contribution in [0.4, 0.5) is 9.59 Å². The topological polar surface area (TPSA) is 78.9 Å². The lowest BCUT2D eigenvalue weighted by Gasteiger charge is -2.13. The maximum absolute atomic E-state index is 11.0. The molecule has 2 N–H and O–H groups in total. The first-order valence-electron chi connectivity index (χ1n) is 4.54. The molecule has 1 saturated heterocycles. The number of carboxylic acid groups (broad SMARTS) is 1. The maximum Gasteiger partial charge on any atom is 0.407 e. The Hall–Kier alpha value is -1.46. The summed E-state index contributed by atoms with van der Waals surface area (Å²) in [7, 11) is 0. The molecule has 1 heterocycles. The zero-order valence-electron chi connectivity index (χ0n) is 8.02. The minimum Gasteiger partial charge on any atom is -0.465 e. The second-order valence-corrected chi connectivity index (χ2v) is 3.08. The predicted octanol–water partition coefficient (Wildman–Crippen LogP) is 0.485. The van der Waals surface area contributed by atoms with E-state index in [9.17, 15) is 9.59 Å². The van der Waals surface area contributed by atoms with Crippen molar-refractivity contribution in [1.82, 2.24) is 10.2 Å². The fourth-order valence-electron chi connectivity index (χ4n) is 1.39. The van der Waals surface area contributed by atoms with Gasteiger partial charge in [-0.15, -0.1) is 0 Å². The van der Waals surface area contributed by atoms with Gasteiger partial charge in [-0.1, -0.05) is 0 Å². The predicted molar refractivity (Wildman–Crippen MR) is 48.2 cm³/mol. The number of likely N-dealkylation sites (tertiary alicyclic amines) is 1. The summed E-state index contributed by atoms with van der Waals surface area (Å²) in [5.74, 6) is 0. The fourth-order valence-corrected chi connectivity index (χ4v) is 1.39. The Morgan fingerprint density at radius 1 is 1.64 bits per heavy atom. The second kappa shape index (κ2) is 4.69. The van der Waals surface area contributed by atoms with Crippen molar-refractivity contribution in [2.45, 2.75) is 19.4 Å². The van der Waals surface area contributed by atoms with Gasteiger partial charge in [-0.2, -0.15) is 0 Å². The summed E-state index contributed by atoms with van der Waals surface area (Å²) < 4.78 is 4.68. The molecule has 1 rings (SSSR count). The minimum atomic E-state index is -0.946. The summed E-state index contributed by atoms with van der Waals surface area (Å²) >= 11 is 0. The number of carbonyl (C=O) groups excluding carboxylic acids is 1. The van der Waals surface area contributed by atoms with E-state index in [0.29, 0.717) is 26.1 Å². The first kappa shape index (κ1) is 10.6. The molecule has 6 nitrogen and oxygen atoms in total. The van der Waals surface area contributed by atoms with Crippen LogP contribution in [-0.4, -0.2) is 47.9 Å². The molecule has 0 aromatic rings. The van der Waals surface area contributed by atoms with Gasteiger partial charge in [-0.25, -0.2) is 9.59 Å². The Kier molecular flexibility index (Phi) is 3.55. The molecule has 0 saturated carbocycles. The van der Waals surface area contributed by atoms with E-state index in [1.54, 1.807) is 6.92 Å². The highest BCUT2D eigenvalue weighted by Crippen LogP contribution is 2.08. The van der Waals surface area contributed by atoms with Crippen molar-refractivity contribution in [2.75, 3.05) is 19.7 Å². The van der Waals surface area contributed by atoms with Gasteiger partial charge in [0.1, 0.15) is 0 Å². The van der Waals surface area contributed by atoms with Crippen molar-refractivity contribution in [3.63, 3.8) is 0 Å². The zero-order chi connectivity index (χ0) is 10.6. The molecule has 80 valence electrons. The van der Waals surface area contributed by atoms with Gasteiger partial charge in [0.2, 0.25) is 0 Å². The van der Waals surface area contributed by atoms with E-state index < -0.39 is 12.2 Å². The Bertz CT molecular complexity index is 231. The molecular weight excluding hydrogens is 188 g/mol. The molecule has 1 atom stereocenters. The summed E-state index contributed by atoms with van der Waals surface area (Å²) in [5.41, 5.74) is 0. The molecule has 0 aliphatic carbocycles. The lowest BCUT2D eigenvalue weighted by atomic mass is 10.3. The van der Waals surface area contributed by atoms with Crippen molar-refractivity contribution in [2.24, 2.45) is 0 Å². The van der Waals surface area contributed by atoms with E-state index in [2.05, 4.69) is 10.1 Å². The molecule has 6 heteroatoms. The number of amides is 2. The van der Waals surface area contributed by atoms with Crippen LogP contribution in [-0.2, 0) is 4.74 Å². The first-order valence-corrected chi connectivity index (χ1v) is 4.54. The van der Waals surface area contributed by atoms with E-state index in [1.807, 2.05) is 0 Å². The highest BCUT2D eigenvalue weighted by Gasteiger charge is 2.26. The van der Waals surface area contributed by atoms with Gasteiger partial charge < -0.3 is 20.1 Å². The SMILES string of the molecule is CCOC(=O)NC1CCN(C(=O)O)C1. The van der Waals surface area contributed by atoms with Gasteiger partial charge in [-0.3, -0.25) is 0 Å². The number of hydrogen-bond acceptors (Lipinski definition) is 3. The Morgan fingerprint density at radius 2 is 2.36 bits per heavy atom. The second-order valence-electron chi connectivity index (χ2n) is 3.08. The Balaban J connectivity index is 2.28. The maximum atomic E-state index is 11.0. The fraction of sp³-hybridized carbons (Fsp3) is 0.750. The van der Waals surface area contributed by atoms with E-state index in [1.165, 1.54) is 4.90 Å². The number of rotatable bonds is 2. The molecule has 2 amide bonds. The Labute approximate surface area is 81.8 Å². The first-order chi connectivity index (χ1) is 6.63. The number of alkyl carbamates (subject to hydrolysis) is 1. The van der Waals surface area contributed by atoms with Crippen LogP contribution in [0.25, 0.3) is 0 Å². The average Bonchev–Trinajstić information content (AvgIpc) is 2.53. The van der Waals surface area contributed by atoms with Gasteiger partial charge in [-0.05, 0) is 13.3 Å². The molecular formula is C8H14N2O4. The quantitative estimate of drug-likeness (QED) is 0.682. The van der Waals surface area contributed by atoms with Crippen LogP contribution >= 0.6 is 0 Å². The molecule has 1 aliphatic rings. The summed E-state index contributed by atoms with van der Waals surface area (Å²) in [6.45, 7) is 2.85. The van der Waals surface area contributed by atoms with Crippen LogP contribution in [0, 0.1) is 0 Å². The smallest absolute Gasteiger partial charge is 0.407 e. The van der Waals surface area contributed by atoms with Crippen molar-refractivity contribution >= 4 is 12.2 Å². The van der Waals surface area contributed by atoms with Crippen molar-refractivity contribution < 1.29 is 19.4 Å². The number of hydrogen-bond donors (Lipinski definition) is 2. The highest BCUT2D eigenvalue weighted by molar-refractivity contribution is 5.68. The van der Waals surface area contributed by atoms with Gasteiger partial charge >= 0.3 is 12.2 Å². The standard InChI is InChI=1S/C8H14N2O4/c1-2-14-7(11)9-6-3-4-10(5-6)8(12)13/h6H,2-5H2,1H3,(H,9,11)(H,12,13). The molecule has 0 aromatic carbocycles. The largest absolute Gasteiger partial charge is 0.465 e. The Morgan fingerprint density at radius 3 is 2.86 bits per heavy atom. The van der Waals surface area contributed by atoms with Crippen LogP contribution in [0.1, 0.15) is 13.3 Å². The molecule has 1 aliphatic heterocycles. The average molecular weight is 202 g/mol. The zero-order valence-corrected chi connectivity index (χ0v) is 8.02. The minimum absolute atomic E-state index is 0.120. The molecule has 1 fully saturated rings. The molecule has 0 bridgehead atoms. The highest BCUT2D eigenvalue weighted by atomic mass is 16.5. The molecule has 1 unspecified atom stereocenters. The van der Waals surface area contributed by atoms with Gasteiger partial charge in [0.25, 0.3) is 0 Å². The summed E-state index contributed by atoms with van der Waals surface area (Å²) in [6, 6.07) is -0.120. The third-order valence-electron chi connectivity index (χ3n) is 2.06. The van der Waals surface area contributed by atoms with Crippen molar-refractivity contribution in [3.8, 4) is 0 Å². The third-order valence-corrected chi connectivity index (χ3v) is 2.06. The monoisotopic (exact) mass is 202 g/mol. The normalized spacial score (nSPS) is 20.6. The van der Waals surface area contributed by atoms with Crippen molar-refractivity contribution in [1.29, 1.82) is 0 Å². The van der Waals surface area contributed by atoms with Gasteiger partial charge in [0.15, 0.2) is 0 Å². The summed E-state index contributed by atoms with van der Waals surface area (Å²) in [4.78, 5) is 22.8. The van der Waals surface area contributed by atoms with Crippen LogP contribution < -0.4 is 5.32 Å². The van der Waals surface area contributed by atoms with E-state index in [0.717, 1.165) is 0 Å². The summed E-state index contributed by atoms with van der Waals surface area (Å²) in [5, 5.41) is 11.2. The molecule has 0 aromatic heterocycles. The molecule has 14 heavy (non-hydrogen) atoms. The lowest BCUT2D eigenvalue weighted by Crippen LogP contribution is -2.38. The number of nitrogens with one attached hydrogen (secondary N) is 1. The number of nitrogens with zero attached hydrogens (tertiary/aromatic N) is 1. The lowest BCUT2D eigenvalue weighted by molar-refractivity contribution is 0.144. The van der Waals surface area contributed by atoms with E-state index >= 15 is 0 Å². The van der Waals surface area contributed by atoms with Crippen LogP contribution in [0.5, 0.6) is 0 Å². The van der Waals surface area contributed by atoms with Crippen LogP contribution in [0.3, 0.4) is 0 Å². The van der Waals surface area contributed by atoms with Gasteiger partial charge in [0, 0.05) is 13.1 Å². The van der Waals surface area contributed by atoms with Crippen LogP contribution in [0.2, 0.25) is 0 Å². The van der Waals surface area contributed by atoms with Crippen LogP contribution in [0.15, 0.2) is 0 Å². The summed E-state index contributed by atoms with van der Waals surface area (Å²) in [6.07, 6.45) is -0.784. The molecule has 0 radical (unpaired) electrons. The number of ether oxygens (including phenoxy) is 1. The number of carbonyl (C=O) groups is 2. The van der Waals surface area contributed by atoms with Gasteiger partial charge in [0.05, 0.1) is 12.6 Å². The van der Waals surface area contributed by atoms with E-state index in [4.69, 9.17) is 5.11 Å². The van der Waals surface area contributed by atoms with Crippen molar-refractivity contribution in [3.05, 3.63) is 0 Å². The van der Waals surface area contributed by atoms with E-state index in [-0.39, 0.29) is 6.04 Å².